The number of halogens is 1. The van der Waals surface area contributed by atoms with Gasteiger partial charge in [-0.2, -0.15) is 5.26 Å². The number of carbonyl (C=O) groups is 2. The van der Waals surface area contributed by atoms with E-state index in [-0.39, 0.29) is 24.6 Å². The van der Waals surface area contributed by atoms with Crippen molar-refractivity contribution in [2.24, 2.45) is 0 Å². The van der Waals surface area contributed by atoms with Gasteiger partial charge >= 0.3 is 5.97 Å². The Morgan fingerprint density at radius 1 is 1.18 bits per heavy atom. The van der Waals surface area contributed by atoms with Crippen LogP contribution in [0.2, 0.25) is 0 Å². The minimum Gasteiger partial charge on any atom is -0.482 e. The highest BCUT2D eigenvalue weighted by Crippen LogP contribution is 2.29. The fourth-order valence-electron chi connectivity index (χ4n) is 3.02. The van der Waals surface area contributed by atoms with Crippen LogP contribution in [-0.4, -0.2) is 18.5 Å². The third-order valence-electron chi connectivity index (χ3n) is 4.73. The van der Waals surface area contributed by atoms with Gasteiger partial charge in [0.05, 0.1) is 12.8 Å². The third kappa shape index (κ3) is 7.09. The average Bonchev–Trinajstić information content (AvgIpc) is 3.35. The van der Waals surface area contributed by atoms with Gasteiger partial charge in [-0.3, -0.25) is 4.79 Å². The molecule has 3 rings (SSSR count). The maximum absolute atomic E-state index is 12.2. The molecule has 3 aromatic rings. The lowest BCUT2D eigenvalue weighted by Crippen LogP contribution is -2.23. The van der Waals surface area contributed by atoms with Crippen LogP contribution in [0.1, 0.15) is 36.7 Å². The first kappa shape index (κ1) is 24.8. The van der Waals surface area contributed by atoms with Crippen molar-refractivity contribution in [1.29, 1.82) is 5.26 Å². The number of rotatable bonds is 9. The second-order valence-corrected chi connectivity index (χ2v) is 8.52. The standard InChI is InChI=1S/C26H23BrN2O5/c1-17(2)23-13-20(27)7-10-24(23)33-16-25(30)34-21-8-5-18(6-9-21)12-19(14-28)26(31)29-15-22-4-3-11-32-22/h3-13,17H,15-16H2,1-2H3,(H,29,31)/b19-12+. The van der Waals surface area contributed by atoms with E-state index in [0.717, 1.165) is 10.0 Å². The molecular formula is C26H23BrN2O5. The molecule has 1 heterocycles. The largest absolute Gasteiger partial charge is 0.482 e. The maximum Gasteiger partial charge on any atom is 0.349 e. The molecule has 174 valence electrons. The van der Waals surface area contributed by atoms with Crippen molar-refractivity contribution < 1.29 is 23.5 Å². The minimum absolute atomic E-state index is 0.0554. The normalized spacial score (nSPS) is 11.1. The molecule has 0 fully saturated rings. The monoisotopic (exact) mass is 522 g/mol. The molecule has 0 saturated heterocycles. The van der Waals surface area contributed by atoms with Gasteiger partial charge in [-0.15, -0.1) is 0 Å². The van der Waals surface area contributed by atoms with Crippen LogP contribution in [0.25, 0.3) is 6.08 Å². The van der Waals surface area contributed by atoms with Gasteiger partial charge in [-0.05, 0) is 65.6 Å². The molecule has 34 heavy (non-hydrogen) atoms. The predicted octanol–water partition coefficient (Wildman–Crippen LogP) is 5.37. The number of ether oxygens (including phenoxy) is 2. The van der Waals surface area contributed by atoms with Crippen LogP contribution in [0, 0.1) is 11.3 Å². The molecule has 0 aliphatic rings. The number of amides is 1. The first-order chi connectivity index (χ1) is 16.4. The van der Waals surface area contributed by atoms with Crippen molar-refractivity contribution in [2.45, 2.75) is 26.3 Å². The fraction of sp³-hybridized carbons (Fsp3) is 0.192. The molecule has 7 nitrogen and oxygen atoms in total. The van der Waals surface area contributed by atoms with Crippen molar-refractivity contribution in [3.8, 4) is 17.6 Å². The molecule has 0 saturated carbocycles. The van der Waals surface area contributed by atoms with Gasteiger partial charge in [0.15, 0.2) is 6.61 Å². The van der Waals surface area contributed by atoms with Crippen molar-refractivity contribution >= 4 is 33.9 Å². The highest BCUT2D eigenvalue weighted by atomic mass is 79.9. The molecule has 0 unspecified atom stereocenters. The Morgan fingerprint density at radius 3 is 2.59 bits per heavy atom. The van der Waals surface area contributed by atoms with Crippen LogP contribution in [0.4, 0.5) is 0 Å². The van der Waals surface area contributed by atoms with E-state index < -0.39 is 11.9 Å². The molecule has 0 atom stereocenters. The lowest BCUT2D eigenvalue weighted by Gasteiger charge is -2.14. The molecule has 0 bridgehead atoms. The average molecular weight is 523 g/mol. The Morgan fingerprint density at radius 2 is 1.94 bits per heavy atom. The predicted molar refractivity (Wildman–Crippen MR) is 130 cm³/mol. The Bertz CT molecular complexity index is 1210. The second-order valence-electron chi connectivity index (χ2n) is 7.60. The smallest absolute Gasteiger partial charge is 0.349 e. The fourth-order valence-corrected chi connectivity index (χ4v) is 3.40. The summed E-state index contributed by atoms with van der Waals surface area (Å²) in [4.78, 5) is 24.5. The molecule has 0 radical (unpaired) electrons. The Labute approximate surface area is 206 Å². The molecule has 1 amide bonds. The van der Waals surface area contributed by atoms with Crippen LogP contribution < -0.4 is 14.8 Å². The van der Waals surface area contributed by atoms with Gasteiger partial charge in [0, 0.05) is 4.47 Å². The van der Waals surface area contributed by atoms with E-state index >= 15 is 0 Å². The number of nitrogens with one attached hydrogen (secondary N) is 1. The summed E-state index contributed by atoms with van der Waals surface area (Å²) in [6.07, 6.45) is 2.96. The van der Waals surface area contributed by atoms with Crippen LogP contribution >= 0.6 is 15.9 Å². The van der Waals surface area contributed by atoms with E-state index in [4.69, 9.17) is 13.9 Å². The SMILES string of the molecule is CC(C)c1cc(Br)ccc1OCC(=O)Oc1ccc(/C=C(\C#N)C(=O)NCc2ccco2)cc1. The Kier molecular flexibility index (Phi) is 8.66. The van der Waals surface area contributed by atoms with Crippen molar-refractivity contribution in [2.75, 3.05) is 6.61 Å². The number of nitrogens with zero attached hydrogens (tertiary/aromatic N) is 1. The summed E-state index contributed by atoms with van der Waals surface area (Å²) in [6, 6.07) is 17.4. The van der Waals surface area contributed by atoms with E-state index in [9.17, 15) is 14.9 Å². The molecule has 0 aliphatic carbocycles. The number of esters is 1. The van der Waals surface area contributed by atoms with Crippen molar-refractivity contribution in [3.63, 3.8) is 0 Å². The van der Waals surface area contributed by atoms with E-state index in [1.54, 1.807) is 36.4 Å². The summed E-state index contributed by atoms with van der Waals surface area (Å²) in [5, 5.41) is 11.9. The summed E-state index contributed by atoms with van der Waals surface area (Å²) in [7, 11) is 0. The summed E-state index contributed by atoms with van der Waals surface area (Å²) >= 11 is 3.44. The number of hydrogen-bond donors (Lipinski definition) is 1. The summed E-state index contributed by atoms with van der Waals surface area (Å²) < 4.78 is 17.1. The third-order valence-corrected chi connectivity index (χ3v) is 5.22. The van der Waals surface area contributed by atoms with Gasteiger partial charge in [-0.1, -0.05) is 41.9 Å². The summed E-state index contributed by atoms with van der Waals surface area (Å²) in [6.45, 7) is 4.03. The van der Waals surface area contributed by atoms with Gasteiger partial charge < -0.3 is 19.2 Å². The van der Waals surface area contributed by atoms with Gasteiger partial charge in [0.1, 0.15) is 28.9 Å². The lowest BCUT2D eigenvalue weighted by molar-refractivity contribution is -0.136. The van der Waals surface area contributed by atoms with Crippen LogP contribution in [-0.2, 0) is 16.1 Å². The number of hydrogen-bond acceptors (Lipinski definition) is 6. The minimum atomic E-state index is -0.545. The maximum atomic E-state index is 12.2. The van der Waals surface area contributed by atoms with E-state index in [1.807, 2.05) is 38.1 Å². The molecule has 0 spiro atoms. The highest BCUT2D eigenvalue weighted by Gasteiger charge is 2.13. The molecule has 1 N–H and O–H groups in total. The first-order valence-electron chi connectivity index (χ1n) is 10.5. The summed E-state index contributed by atoms with van der Waals surface area (Å²) in [5.41, 5.74) is 1.54. The van der Waals surface area contributed by atoms with E-state index in [0.29, 0.717) is 22.8 Å². The lowest BCUT2D eigenvalue weighted by atomic mass is 10.0. The zero-order valence-electron chi connectivity index (χ0n) is 18.7. The van der Waals surface area contributed by atoms with Crippen LogP contribution in [0.15, 0.2) is 75.3 Å². The molecule has 1 aromatic heterocycles. The van der Waals surface area contributed by atoms with Crippen molar-refractivity contribution in [3.05, 3.63) is 87.8 Å². The van der Waals surface area contributed by atoms with E-state index in [2.05, 4.69) is 21.2 Å². The molecular weight excluding hydrogens is 500 g/mol. The molecule has 8 heteroatoms. The van der Waals surface area contributed by atoms with Crippen molar-refractivity contribution in [1.82, 2.24) is 5.32 Å². The first-order valence-corrected chi connectivity index (χ1v) is 11.3. The van der Waals surface area contributed by atoms with E-state index in [1.165, 1.54) is 12.3 Å². The quantitative estimate of drug-likeness (QED) is 0.175. The number of carbonyl (C=O) groups excluding carboxylic acids is 2. The Hall–Kier alpha value is -3.83. The van der Waals surface area contributed by atoms with Gasteiger partial charge in [0.25, 0.3) is 5.91 Å². The van der Waals surface area contributed by atoms with Gasteiger partial charge in [-0.25, -0.2) is 4.79 Å². The topological polar surface area (TPSA) is 102 Å². The van der Waals surface area contributed by atoms with Gasteiger partial charge in [0.2, 0.25) is 0 Å². The zero-order valence-corrected chi connectivity index (χ0v) is 20.3. The second kappa shape index (κ2) is 11.9. The zero-order chi connectivity index (χ0) is 24.5. The summed E-state index contributed by atoms with van der Waals surface area (Å²) in [5.74, 6) is 0.712. The number of furan rings is 1. The number of benzene rings is 2. The van der Waals surface area contributed by atoms with Crippen LogP contribution in [0.3, 0.4) is 0 Å². The number of nitriles is 1. The van der Waals surface area contributed by atoms with Crippen LogP contribution in [0.5, 0.6) is 11.5 Å². The molecule has 0 aliphatic heterocycles. The highest BCUT2D eigenvalue weighted by molar-refractivity contribution is 9.10. The molecule has 2 aromatic carbocycles. The Balaban J connectivity index is 1.56.